The molecule has 0 nitrogen and oxygen atoms in total. The molecule has 0 amide bonds. The molecule has 0 fully saturated rings. The van der Waals surface area contributed by atoms with E-state index in [0.29, 0.717) is 0 Å². The summed E-state index contributed by atoms with van der Waals surface area (Å²) in [6.45, 7) is 4.25. The smallest absolute Gasteiger partial charge is 0.0105 e. The zero-order valence-corrected chi connectivity index (χ0v) is 30.3. The Kier molecular flexibility index (Phi) is 9.77. The first-order valence-electron chi connectivity index (χ1n) is 18.7. The summed E-state index contributed by atoms with van der Waals surface area (Å²) in [5, 5.41) is 5.02. The summed E-state index contributed by atoms with van der Waals surface area (Å²) in [5.74, 6) is 0. The molecular weight excluding hydrogens is 637 g/mol. The fourth-order valence-electron chi connectivity index (χ4n) is 7.21. The fourth-order valence-corrected chi connectivity index (χ4v) is 7.21. The van der Waals surface area contributed by atoms with E-state index in [1.54, 1.807) is 0 Å². The van der Waals surface area contributed by atoms with Gasteiger partial charge in [0.2, 0.25) is 0 Å². The Bertz CT molecular complexity index is 2320. The molecule has 0 aliphatic carbocycles. The molecule has 0 unspecified atom stereocenters. The van der Waals surface area contributed by atoms with Gasteiger partial charge < -0.3 is 0 Å². The van der Waals surface area contributed by atoms with Crippen molar-refractivity contribution in [1.82, 2.24) is 0 Å². The van der Waals surface area contributed by atoms with Crippen LogP contribution in [0.15, 0.2) is 206 Å². The minimum atomic E-state index is 1.22. The van der Waals surface area contributed by atoms with E-state index < -0.39 is 0 Å². The van der Waals surface area contributed by atoms with Gasteiger partial charge in [0.1, 0.15) is 0 Å². The first kappa shape index (κ1) is 33.6. The van der Waals surface area contributed by atoms with Crippen LogP contribution in [0.25, 0.3) is 88.3 Å². The van der Waals surface area contributed by atoms with E-state index in [4.69, 9.17) is 0 Å². The van der Waals surface area contributed by atoms with E-state index >= 15 is 0 Å². The predicted octanol–water partition coefficient (Wildman–Crippen LogP) is 15.4. The summed E-state index contributed by atoms with van der Waals surface area (Å²) in [5.41, 5.74) is 14.6. The lowest BCUT2D eigenvalue weighted by Gasteiger charge is -2.14. The molecule has 254 valence electrons. The molecule has 0 heteroatoms. The van der Waals surface area contributed by atoms with Gasteiger partial charge in [0.05, 0.1) is 0 Å². The zero-order valence-electron chi connectivity index (χ0n) is 30.3. The van der Waals surface area contributed by atoms with Crippen molar-refractivity contribution in [2.24, 2.45) is 0 Å². The Morgan fingerprint density at radius 3 is 0.736 bits per heavy atom. The van der Waals surface area contributed by atoms with Crippen LogP contribution in [0.4, 0.5) is 0 Å². The number of rotatable bonds is 6. The normalized spacial score (nSPS) is 10.9. The van der Waals surface area contributed by atoms with E-state index in [-0.39, 0.29) is 0 Å². The van der Waals surface area contributed by atoms with Crippen LogP contribution in [-0.4, -0.2) is 0 Å². The van der Waals surface area contributed by atoms with E-state index in [1.165, 1.54) is 94.7 Å². The molecule has 0 saturated heterocycles. The summed E-state index contributed by atoms with van der Waals surface area (Å²) in [6, 6.07) is 75.0. The van der Waals surface area contributed by atoms with Gasteiger partial charge in [-0.05, 0) is 137 Å². The van der Waals surface area contributed by atoms with Crippen molar-refractivity contribution in [3.8, 4) is 66.8 Å². The van der Waals surface area contributed by atoms with Gasteiger partial charge in [-0.1, -0.05) is 178 Å². The van der Waals surface area contributed by atoms with E-state index in [2.05, 4.69) is 220 Å². The highest BCUT2D eigenvalue weighted by atomic mass is 14.2. The minimum Gasteiger partial charge on any atom is -0.0656 e. The van der Waals surface area contributed by atoms with Crippen molar-refractivity contribution < 1.29 is 0 Å². The lowest BCUT2D eigenvalue weighted by Crippen LogP contribution is -1.88. The van der Waals surface area contributed by atoms with Gasteiger partial charge in [0.25, 0.3) is 0 Å². The van der Waals surface area contributed by atoms with Gasteiger partial charge in [0, 0.05) is 0 Å². The summed E-state index contributed by atoms with van der Waals surface area (Å²) in [4.78, 5) is 0. The van der Waals surface area contributed by atoms with Crippen molar-refractivity contribution in [2.45, 2.75) is 20.3 Å². The first-order chi connectivity index (χ1) is 26.2. The number of fused-ring (bicyclic) bond motifs is 3. The lowest BCUT2D eigenvalue weighted by atomic mass is 9.90. The van der Waals surface area contributed by atoms with Crippen LogP contribution in [-0.2, 0) is 0 Å². The Labute approximate surface area is 313 Å². The fraction of sp³-hybridized carbons (Fsp3) is 0.0566. The Morgan fingerprint density at radius 2 is 0.472 bits per heavy atom. The van der Waals surface area contributed by atoms with Crippen LogP contribution < -0.4 is 0 Å². The van der Waals surface area contributed by atoms with Gasteiger partial charge in [0.15, 0.2) is 0 Å². The molecule has 0 aliphatic rings. The largest absolute Gasteiger partial charge is 0.0656 e. The highest BCUT2D eigenvalue weighted by molar-refractivity contribution is 6.09. The number of hydrogen-bond acceptors (Lipinski definition) is 0. The average molecular weight is 679 g/mol. The molecule has 9 aromatic carbocycles. The topological polar surface area (TPSA) is 0 Å². The van der Waals surface area contributed by atoms with Gasteiger partial charge in [-0.25, -0.2) is 0 Å². The molecule has 53 heavy (non-hydrogen) atoms. The molecule has 0 aromatic heterocycles. The van der Waals surface area contributed by atoms with Crippen LogP contribution >= 0.6 is 0 Å². The maximum atomic E-state index is 2.34. The number of benzene rings is 9. The molecule has 0 heterocycles. The molecule has 0 spiro atoms. The van der Waals surface area contributed by atoms with Crippen molar-refractivity contribution in [3.63, 3.8) is 0 Å². The molecule has 0 bridgehead atoms. The van der Waals surface area contributed by atoms with Crippen LogP contribution in [0.3, 0.4) is 0 Å². The van der Waals surface area contributed by atoms with Crippen LogP contribution in [0, 0.1) is 0 Å². The maximum Gasteiger partial charge on any atom is -0.0105 e. The van der Waals surface area contributed by atoms with Crippen LogP contribution in [0.2, 0.25) is 0 Å². The highest BCUT2D eigenvalue weighted by Crippen LogP contribution is 2.38. The number of hydrogen-bond donors (Lipinski definition) is 0. The summed E-state index contributed by atoms with van der Waals surface area (Å²) in [7, 11) is 0. The summed E-state index contributed by atoms with van der Waals surface area (Å²) in [6.07, 6.45) is 1.25. The van der Waals surface area contributed by atoms with Crippen molar-refractivity contribution >= 4 is 21.5 Å². The van der Waals surface area contributed by atoms with E-state index in [0.717, 1.165) is 0 Å². The third-order valence-electron chi connectivity index (χ3n) is 9.80. The van der Waals surface area contributed by atoms with Gasteiger partial charge in [-0.3, -0.25) is 0 Å². The standard InChI is InChI=1S/C50H34.C3H8/c1-5-13-35(14-6-1)43-29-44(36-15-7-2-8-16-36)32-47(31-43)39-23-25-49-41(27-39)21-22-42-28-40(24-26-50(42)49)48-33-45(37-17-9-3-10-18-37)30-46(34-48)38-19-11-4-12-20-38;1-3-2/h1-34H;3H2,1-2H3. The second-order valence-corrected chi connectivity index (χ2v) is 13.7. The van der Waals surface area contributed by atoms with Gasteiger partial charge in [-0.2, -0.15) is 0 Å². The molecule has 0 atom stereocenters. The second-order valence-electron chi connectivity index (χ2n) is 13.7. The molecule has 0 radical (unpaired) electrons. The molecule has 0 N–H and O–H groups in total. The Morgan fingerprint density at radius 1 is 0.226 bits per heavy atom. The lowest BCUT2D eigenvalue weighted by molar-refractivity contribution is 1.09. The third-order valence-corrected chi connectivity index (χ3v) is 9.80. The van der Waals surface area contributed by atoms with Crippen LogP contribution in [0.1, 0.15) is 20.3 Å². The first-order valence-corrected chi connectivity index (χ1v) is 18.7. The van der Waals surface area contributed by atoms with Crippen molar-refractivity contribution in [2.75, 3.05) is 0 Å². The second kappa shape index (κ2) is 15.4. The predicted molar refractivity (Wildman–Crippen MR) is 230 cm³/mol. The Balaban J connectivity index is 0.00000129. The molecule has 0 saturated carbocycles. The van der Waals surface area contributed by atoms with Crippen molar-refractivity contribution in [1.29, 1.82) is 0 Å². The molecular formula is C53H42. The third kappa shape index (κ3) is 7.31. The van der Waals surface area contributed by atoms with Crippen molar-refractivity contribution in [3.05, 3.63) is 206 Å². The summed E-state index contributed by atoms with van der Waals surface area (Å²) >= 11 is 0. The zero-order chi connectivity index (χ0) is 36.0. The average Bonchev–Trinajstić information content (AvgIpc) is 3.24. The SMILES string of the molecule is CCC.c1ccc(-c2cc(-c3ccccc3)cc(-c3ccc4c(ccc5cc(-c6cc(-c7ccccc7)cc(-c7ccccc7)c6)ccc54)c3)c2)cc1. The van der Waals surface area contributed by atoms with Crippen LogP contribution in [0.5, 0.6) is 0 Å². The molecule has 9 rings (SSSR count). The van der Waals surface area contributed by atoms with Gasteiger partial charge >= 0.3 is 0 Å². The van der Waals surface area contributed by atoms with Gasteiger partial charge in [-0.15, -0.1) is 0 Å². The molecule has 9 aromatic rings. The maximum absolute atomic E-state index is 2.34. The van der Waals surface area contributed by atoms with E-state index in [1.807, 2.05) is 0 Å². The monoisotopic (exact) mass is 678 g/mol. The quantitative estimate of drug-likeness (QED) is 0.154. The minimum absolute atomic E-state index is 1.22. The highest BCUT2D eigenvalue weighted by Gasteiger charge is 2.11. The summed E-state index contributed by atoms with van der Waals surface area (Å²) < 4.78 is 0. The molecule has 0 aliphatic heterocycles. The Hall–Kier alpha value is -6.50. The van der Waals surface area contributed by atoms with E-state index in [9.17, 15) is 0 Å².